The van der Waals surface area contributed by atoms with Gasteiger partial charge < -0.3 is 15.7 Å². The monoisotopic (exact) mass is 437 g/mol. The first-order valence-electron chi connectivity index (χ1n) is 7.96. The maximum atomic E-state index is 12.7. The summed E-state index contributed by atoms with van der Waals surface area (Å²) in [5.41, 5.74) is 3.72. The van der Waals surface area contributed by atoms with Crippen molar-refractivity contribution in [1.82, 2.24) is 10.0 Å². The number of carboxylic acid groups (broad SMARTS) is 1. The number of aromatic nitrogens is 1. The second-order valence-electron chi connectivity index (χ2n) is 6.04. The van der Waals surface area contributed by atoms with Crippen molar-refractivity contribution in [3.05, 3.63) is 11.1 Å². The number of rotatable bonds is 9. The molecule has 1 saturated heterocycles. The molecule has 154 valence electrons. The number of carbonyl (C=O) groups is 3. The van der Waals surface area contributed by atoms with Crippen LogP contribution in [0.5, 0.6) is 0 Å². The Balaban J connectivity index is 2.23. The Bertz CT molecular complexity index is 975. The van der Waals surface area contributed by atoms with E-state index in [0.29, 0.717) is 5.06 Å². The molecule has 2 heterocycles. The number of amides is 1. The number of carbonyl (C=O) groups excluding carboxylic acids is 2. The van der Waals surface area contributed by atoms with E-state index < -0.39 is 58.2 Å². The molecule has 1 aromatic heterocycles. The van der Waals surface area contributed by atoms with Crippen LogP contribution in [0.1, 0.15) is 27.3 Å². The zero-order valence-corrected chi connectivity index (χ0v) is 16.1. The molecule has 1 amide bonds. The van der Waals surface area contributed by atoms with Gasteiger partial charge in [0.05, 0.1) is 12.8 Å². The van der Waals surface area contributed by atoms with Crippen LogP contribution in [0.3, 0.4) is 0 Å². The quantitative estimate of drug-likeness (QED) is 0.194. The van der Waals surface area contributed by atoms with Crippen LogP contribution in [-0.2, 0) is 33.9 Å². The Morgan fingerprint density at radius 1 is 1.54 bits per heavy atom. The fraction of sp³-hybridized carbons (Fsp3) is 0.462. The molecule has 2 atom stereocenters. The SMILES string of the molecule is [2H][C@@H](O/N=C(\C(=O)C[C@@H]1C(=O)N(OS(=O)(=O)O)C1(C)C)c1csc(N)n1)C(=O)O. The molecule has 1 aromatic rings. The van der Waals surface area contributed by atoms with Crippen molar-refractivity contribution in [3.8, 4) is 0 Å². The zero-order valence-electron chi connectivity index (χ0n) is 15.4. The highest BCUT2D eigenvalue weighted by Gasteiger charge is 2.57. The van der Waals surface area contributed by atoms with E-state index in [4.69, 9.17) is 16.8 Å². The van der Waals surface area contributed by atoms with Crippen molar-refractivity contribution < 1.29 is 43.0 Å². The Kier molecular flexibility index (Phi) is 5.59. The number of carboxylic acids is 1. The number of hydroxylamine groups is 2. The summed E-state index contributed by atoms with van der Waals surface area (Å²) in [5, 5.41) is 13.9. The average Bonchev–Trinajstić information content (AvgIpc) is 3.02. The Morgan fingerprint density at radius 3 is 2.64 bits per heavy atom. The predicted molar refractivity (Wildman–Crippen MR) is 93.3 cm³/mol. The van der Waals surface area contributed by atoms with Gasteiger partial charge in [0.2, 0.25) is 6.58 Å². The van der Waals surface area contributed by atoms with Gasteiger partial charge in [-0.25, -0.2) is 9.78 Å². The number of ketones is 1. The molecule has 1 fully saturated rings. The van der Waals surface area contributed by atoms with Gasteiger partial charge in [0.1, 0.15) is 5.69 Å². The number of thiazole rings is 1. The van der Waals surface area contributed by atoms with Crippen molar-refractivity contribution in [2.75, 3.05) is 12.3 Å². The smallest absolute Gasteiger partial charge is 0.418 e. The van der Waals surface area contributed by atoms with Gasteiger partial charge in [0.25, 0.3) is 5.91 Å². The molecular weight excluding hydrogens is 420 g/mol. The summed E-state index contributed by atoms with van der Waals surface area (Å²) in [7, 11) is -4.95. The fourth-order valence-electron chi connectivity index (χ4n) is 2.41. The molecule has 4 N–H and O–H groups in total. The number of nitrogens with zero attached hydrogens (tertiary/aromatic N) is 3. The molecule has 0 spiro atoms. The zero-order chi connectivity index (χ0) is 22.1. The number of oxime groups is 1. The van der Waals surface area contributed by atoms with Gasteiger partial charge in [-0.2, -0.15) is 13.5 Å². The highest BCUT2D eigenvalue weighted by molar-refractivity contribution is 7.80. The molecular formula is C13H16N4O9S2. The van der Waals surface area contributed by atoms with E-state index in [1.165, 1.54) is 19.2 Å². The molecule has 0 unspecified atom stereocenters. The van der Waals surface area contributed by atoms with Gasteiger partial charge in [-0.15, -0.1) is 15.6 Å². The maximum Gasteiger partial charge on any atom is 0.418 e. The fourth-order valence-corrected chi connectivity index (χ4v) is 3.41. The number of anilines is 1. The van der Waals surface area contributed by atoms with E-state index in [1.807, 2.05) is 0 Å². The Morgan fingerprint density at radius 2 is 2.18 bits per heavy atom. The highest BCUT2D eigenvalue weighted by Crippen LogP contribution is 2.40. The standard InChI is InChI=1S/C13H16N4O9S2/c1-13(2)6(11(21)17(13)26-28(22,23)24)3-8(18)10(16-25-4-9(19)20)7-5-27-12(14)15-7/h5-6H,3-4H2,1-2H3,(H2,14,15)(H,19,20)(H,22,23,24)/b16-10-/t6-/m1/s1/i4D/t4-,6-. The normalized spacial score (nSPS) is 20.9. The predicted octanol–water partition coefficient (Wildman–Crippen LogP) is -0.539. The molecule has 28 heavy (non-hydrogen) atoms. The van der Waals surface area contributed by atoms with E-state index in [1.54, 1.807) is 0 Å². The lowest BCUT2D eigenvalue weighted by Crippen LogP contribution is -2.68. The Labute approximate surface area is 164 Å². The Hall–Kier alpha value is -2.62. The van der Waals surface area contributed by atoms with Crippen molar-refractivity contribution in [1.29, 1.82) is 0 Å². The minimum absolute atomic E-state index is 0.0503. The van der Waals surface area contributed by atoms with Crippen LogP contribution in [0, 0.1) is 5.92 Å². The lowest BCUT2D eigenvalue weighted by atomic mass is 9.74. The lowest BCUT2D eigenvalue weighted by Gasteiger charge is -2.50. The largest absolute Gasteiger partial charge is 0.479 e. The maximum absolute atomic E-state index is 12.7. The lowest BCUT2D eigenvalue weighted by molar-refractivity contribution is -0.228. The van der Waals surface area contributed by atoms with E-state index in [-0.39, 0.29) is 10.8 Å². The van der Waals surface area contributed by atoms with Gasteiger partial charge in [0.15, 0.2) is 16.6 Å². The minimum atomic E-state index is -4.95. The van der Waals surface area contributed by atoms with Gasteiger partial charge in [-0.05, 0) is 13.8 Å². The number of nitrogen functional groups attached to an aromatic ring is 1. The van der Waals surface area contributed by atoms with Gasteiger partial charge in [-0.3, -0.25) is 14.1 Å². The second kappa shape index (κ2) is 7.78. The van der Waals surface area contributed by atoms with Crippen molar-refractivity contribution in [2.45, 2.75) is 25.8 Å². The third kappa shape index (κ3) is 4.80. The summed E-state index contributed by atoms with van der Waals surface area (Å²) in [6, 6.07) is 0. The van der Waals surface area contributed by atoms with E-state index in [2.05, 4.69) is 19.3 Å². The van der Waals surface area contributed by atoms with Gasteiger partial charge in [0, 0.05) is 11.8 Å². The molecule has 0 aromatic carbocycles. The van der Waals surface area contributed by atoms with Crippen molar-refractivity contribution in [2.24, 2.45) is 11.1 Å². The molecule has 15 heteroatoms. The van der Waals surface area contributed by atoms with Crippen LogP contribution in [0.25, 0.3) is 0 Å². The number of hydrogen-bond donors (Lipinski definition) is 3. The first-order valence-corrected chi connectivity index (χ1v) is 9.63. The van der Waals surface area contributed by atoms with E-state index >= 15 is 0 Å². The molecule has 1 aliphatic heterocycles. The number of β-lactam (4-membered cyclic amide) rings is 1. The topological polar surface area (TPSA) is 199 Å². The molecule has 1 aliphatic rings. The number of Topliss-reactive ketones (excluding diaryl/α,β-unsaturated/α-hetero) is 1. The van der Waals surface area contributed by atoms with E-state index in [0.717, 1.165) is 11.3 Å². The van der Waals surface area contributed by atoms with Crippen molar-refractivity contribution in [3.63, 3.8) is 0 Å². The number of nitrogens with two attached hydrogens (primary N) is 1. The summed E-state index contributed by atoms with van der Waals surface area (Å²) in [6.45, 7) is 0.695. The number of hydrogen-bond acceptors (Lipinski definition) is 11. The first-order chi connectivity index (χ1) is 13.2. The first kappa shape index (κ1) is 20.1. The van der Waals surface area contributed by atoms with Crippen LogP contribution in [0.15, 0.2) is 10.5 Å². The van der Waals surface area contributed by atoms with Crippen LogP contribution < -0.4 is 5.73 Å². The molecule has 13 nitrogen and oxygen atoms in total. The highest BCUT2D eigenvalue weighted by atomic mass is 32.3. The molecule has 0 radical (unpaired) electrons. The van der Waals surface area contributed by atoms with Crippen LogP contribution in [0.2, 0.25) is 0 Å². The van der Waals surface area contributed by atoms with Crippen molar-refractivity contribution >= 4 is 50.2 Å². The molecule has 0 aliphatic carbocycles. The van der Waals surface area contributed by atoms with Crippen LogP contribution in [-0.4, -0.2) is 63.6 Å². The molecule has 0 saturated carbocycles. The summed E-state index contributed by atoms with van der Waals surface area (Å²) >= 11 is 0.962. The van der Waals surface area contributed by atoms with Crippen LogP contribution in [0.4, 0.5) is 5.13 Å². The van der Waals surface area contributed by atoms with Crippen LogP contribution >= 0.6 is 11.3 Å². The molecule has 2 rings (SSSR count). The summed E-state index contributed by atoms with van der Waals surface area (Å²) in [5.74, 6) is -4.38. The summed E-state index contributed by atoms with van der Waals surface area (Å²) < 4.78 is 41.8. The van der Waals surface area contributed by atoms with Gasteiger partial charge >= 0.3 is 16.4 Å². The second-order valence-corrected chi connectivity index (χ2v) is 7.94. The van der Waals surface area contributed by atoms with Gasteiger partial charge in [-0.1, -0.05) is 5.16 Å². The third-order valence-electron chi connectivity index (χ3n) is 3.76. The average molecular weight is 437 g/mol. The number of aliphatic carboxylic acids is 1. The summed E-state index contributed by atoms with van der Waals surface area (Å²) in [6.07, 6.45) is -0.494. The summed E-state index contributed by atoms with van der Waals surface area (Å²) in [4.78, 5) is 43.9. The minimum Gasteiger partial charge on any atom is -0.479 e. The third-order valence-corrected chi connectivity index (χ3v) is 4.77. The van der Waals surface area contributed by atoms with E-state index in [9.17, 15) is 22.8 Å². The molecule has 0 bridgehead atoms.